The topological polar surface area (TPSA) is 81.8 Å². The summed E-state index contributed by atoms with van der Waals surface area (Å²) >= 11 is 1.56. The van der Waals surface area contributed by atoms with E-state index in [1.165, 1.54) is 7.11 Å². The predicted molar refractivity (Wildman–Crippen MR) is 120 cm³/mol. The smallest absolute Gasteiger partial charge is 0.333 e. The van der Waals surface area contributed by atoms with Crippen LogP contribution in [0.25, 0.3) is 21.5 Å². The molecule has 0 radical (unpaired) electrons. The average Bonchev–Trinajstić information content (AvgIpc) is 3.41. The number of methoxy groups -OCH3 is 1. The molecule has 2 heterocycles. The molecule has 7 heteroatoms. The molecule has 31 heavy (non-hydrogen) atoms. The van der Waals surface area contributed by atoms with E-state index < -0.39 is 12.1 Å². The third kappa shape index (κ3) is 4.33. The number of hydrogen-bond donors (Lipinski definition) is 1. The first kappa shape index (κ1) is 21.1. The molecule has 0 saturated carbocycles. The van der Waals surface area contributed by atoms with Crippen LogP contribution in [0.5, 0.6) is 5.75 Å². The molecule has 0 amide bonds. The second-order valence-electron chi connectivity index (χ2n) is 7.24. The molecule has 0 fully saturated rings. The highest BCUT2D eigenvalue weighted by atomic mass is 32.1. The van der Waals surface area contributed by atoms with Crippen molar-refractivity contribution in [1.82, 2.24) is 4.98 Å². The number of ether oxygens (including phenoxy) is 2. The molecule has 4 rings (SSSR count). The number of fused-ring (bicyclic) bond motifs is 1. The van der Waals surface area contributed by atoms with Gasteiger partial charge >= 0.3 is 5.97 Å². The molecule has 0 bridgehead atoms. The Morgan fingerprint density at radius 3 is 2.68 bits per heavy atom. The SMILES string of the molecule is CO[C@@H](Cc1ccc(OC(C)c2nc(-c3ccccc3)oc2C)c2ccsc12)C(=O)O. The van der Waals surface area contributed by atoms with Gasteiger partial charge in [0.25, 0.3) is 0 Å². The lowest BCUT2D eigenvalue weighted by Gasteiger charge is -2.16. The minimum atomic E-state index is -0.975. The first-order valence-electron chi connectivity index (χ1n) is 9.92. The van der Waals surface area contributed by atoms with Gasteiger partial charge in [-0.05, 0) is 49.1 Å². The number of aryl methyl sites for hydroxylation is 1. The van der Waals surface area contributed by atoms with Gasteiger partial charge in [-0.25, -0.2) is 9.78 Å². The molecule has 2 aromatic carbocycles. The standard InChI is InChI=1S/C24H23NO5S/c1-14(21-15(2)30-23(25-21)16-7-5-4-6-8-16)29-19-10-9-17(13-20(28-3)24(26)27)22-18(19)11-12-31-22/h4-12,14,20H,13H2,1-3H3,(H,26,27)/t14?,20-/m0/s1. The second kappa shape index (κ2) is 8.91. The van der Waals surface area contributed by atoms with Gasteiger partial charge in [-0.1, -0.05) is 24.3 Å². The van der Waals surface area contributed by atoms with E-state index in [0.717, 1.165) is 32.7 Å². The minimum absolute atomic E-state index is 0.293. The molecule has 4 aromatic rings. The number of carboxylic acids is 1. The Morgan fingerprint density at radius 2 is 1.97 bits per heavy atom. The van der Waals surface area contributed by atoms with Gasteiger partial charge in [0, 0.05) is 29.2 Å². The van der Waals surface area contributed by atoms with Crippen molar-refractivity contribution in [2.75, 3.05) is 7.11 Å². The Morgan fingerprint density at radius 1 is 1.19 bits per heavy atom. The fourth-order valence-corrected chi connectivity index (χ4v) is 4.50. The summed E-state index contributed by atoms with van der Waals surface area (Å²) in [5, 5.41) is 12.2. The highest BCUT2D eigenvalue weighted by molar-refractivity contribution is 7.17. The molecule has 0 spiro atoms. The summed E-state index contributed by atoms with van der Waals surface area (Å²) < 4.78 is 18.2. The van der Waals surface area contributed by atoms with Crippen LogP contribution in [-0.4, -0.2) is 29.3 Å². The number of carbonyl (C=O) groups is 1. The molecule has 160 valence electrons. The molecule has 0 aliphatic carbocycles. The molecular weight excluding hydrogens is 414 g/mol. The van der Waals surface area contributed by atoms with Crippen molar-refractivity contribution >= 4 is 27.4 Å². The maximum Gasteiger partial charge on any atom is 0.333 e. The Labute approximate surface area is 184 Å². The van der Waals surface area contributed by atoms with Crippen molar-refractivity contribution in [3.05, 3.63) is 70.9 Å². The van der Waals surface area contributed by atoms with Crippen molar-refractivity contribution in [3.63, 3.8) is 0 Å². The molecule has 0 aliphatic heterocycles. The third-order valence-corrected chi connectivity index (χ3v) is 6.16. The first-order valence-corrected chi connectivity index (χ1v) is 10.8. The van der Waals surface area contributed by atoms with Gasteiger partial charge in [-0.2, -0.15) is 0 Å². The van der Waals surface area contributed by atoms with Crippen LogP contribution in [0.1, 0.15) is 30.0 Å². The molecule has 0 aliphatic rings. The van der Waals surface area contributed by atoms with E-state index >= 15 is 0 Å². The van der Waals surface area contributed by atoms with Crippen molar-refractivity contribution in [2.24, 2.45) is 0 Å². The van der Waals surface area contributed by atoms with E-state index in [0.29, 0.717) is 18.1 Å². The molecule has 6 nitrogen and oxygen atoms in total. The summed E-state index contributed by atoms with van der Waals surface area (Å²) in [5.74, 6) is 1.03. The number of carboxylic acid groups (broad SMARTS) is 1. The Balaban J connectivity index is 1.60. The number of benzene rings is 2. The maximum absolute atomic E-state index is 11.4. The second-order valence-corrected chi connectivity index (χ2v) is 8.16. The molecule has 1 unspecified atom stereocenters. The fourth-order valence-electron chi connectivity index (χ4n) is 3.56. The minimum Gasteiger partial charge on any atom is -0.484 e. The number of nitrogens with zero attached hydrogens (tertiary/aromatic N) is 1. The van der Waals surface area contributed by atoms with Crippen LogP contribution in [0.2, 0.25) is 0 Å². The number of aromatic nitrogens is 1. The Hall–Kier alpha value is -3.16. The van der Waals surface area contributed by atoms with E-state index in [2.05, 4.69) is 4.98 Å². The molecule has 2 atom stereocenters. The van der Waals surface area contributed by atoms with Gasteiger partial charge in [0.1, 0.15) is 23.3 Å². The largest absolute Gasteiger partial charge is 0.484 e. The van der Waals surface area contributed by atoms with Crippen LogP contribution in [-0.2, 0) is 16.0 Å². The highest BCUT2D eigenvalue weighted by Gasteiger charge is 2.22. The average molecular weight is 438 g/mol. The zero-order valence-corrected chi connectivity index (χ0v) is 18.3. The summed E-state index contributed by atoms with van der Waals surface area (Å²) in [6.07, 6.45) is -0.910. The predicted octanol–water partition coefficient (Wildman–Crippen LogP) is 5.65. The van der Waals surface area contributed by atoms with Crippen LogP contribution in [0.3, 0.4) is 0 Å². The lowest BCUT2D eigenvalue weighted by molar-refractivity contribution is -0.148. The van der Waals surface area contributed by atoms with E-state index in [4.69, 9.17) is 13.9 Å². The normalized spacial score (nSPS) is 13.3. The van der Waals surface area contributed by atoms with Crippen LogP contribution in [0, 0.1) is 6.92 Å². The summed E-state index contributed by atoms with van der Waals surface area (Å²) in [7, 11) is 1.41. The first-order chi connectivity index (χ1) is 15.0. The lowest BCUT2D eigenvalue weighted by Crippen LogP contribution is -2.24. The summed E-state index contributed by atoms with van der Waals surface area (Å²) in [6, 6.07) is 15.5. The monoisotopic (exact) mass is 437 g/mol. The van der Waals surface area contributed by atoms with Crippen molar-refractivity contribution in [3.8, 4) is 17.2 Å². The third-order valence-electron chi connectivity index (χ3n) is 5.17. The molecule has 1 N–H and O–H groups in total. The van der Waals surface area contributed by atoms with E-state index in [-0.39, 0.29) is 6.10 Å². The van der Waals surface area contributed by atoms with Crippen molar-refractivity contribution in [1.29, 1.82) is 0 Å². The van der Waals surface area contributed by atoms with Crippen LogP contribution >= 0.6 is 11.3 Å². The van der Waals surface area contributed by atoms with Gasteiger partial charge in [-0.15, -0.1) is 11.3 Å². The number of oxazole rings is 1. The number of hydrogen-bond acceptors (Lipinski definition) is 6. The van der Waals surface area contributed by atoms with Gasteiger partial charge < -0.3 is 19.0 Å². The van der Waals surface area contributed by atoms with Crippen LogP contribution < -0.4 is 4.74 Å². The number of aliphatic carboxylic acids is 1. The van der Waals surface area contributed by atoms with E-state index in [9.17, 15) is 9.90 Å². The number of thiophene rings is 1. The fraction of sp³-hybridized carbons (Fsp3) is 0.250. The van der Waals surface area contributed by atoms with E-state index in [1.54, 1.807) is 11.3 Å². The summed E-state index contributed by atoms with van der Waals surface area (Å²) in [6.45, 7) is 3.83. The lowest BCUT2D eigenvalue weighted by atomic mass is 10.1. The van der Waals surface area contributed by atoms with Crippen LogP contribution in [0.4, 0.5) is 0 Å². The van der Waals surface area contributed by atoms with Gasteiger partial charge in [0.2, 0.25) is 5.89 Å². The van der Waals surface area contributed by atoms with E-state index in [1.807, 2.05) is 67.8 Å². The highest BCUT2D eigenvalue weighted by Crippen LogP contribution is 2.36. The molecular formula is C24H23NO5S. The Bertz CT molecular complexity index is 1200. The summed E-state index contributed by atoms with van der Waals surface area (Å²) in [4.78, 5) is 16.0. The van der Waals surface area contributed by atoms with Crippen molar-refractivity contribution < 1.29 is 23.8 Å². The van der Waals surface area contributed by atoms with Gasteiger partial charge in [0.15, 0.2) is 6.10 Å². The molecule has 0 saturated heterocycles. The van der Waals surface area contributed by atoms with Crippen molar-refractivity contribution in [2.45, 2.75) is 32.5 Å². The summed E-state index contributed by atoms with van der Waals surface area (Å²) in [5.41, 5.74) is 2.58. The quantitative estimate of drug-likeness (QED) is 0.384. The van der Waals surface area contributed by atoms with Crippen LogP contribution in [0.15, 0.2) is 58.3 Å². The Kier molecular flexibility index (Phi) is 6.06. The zero-order chi connectivity index (χ0) is 22.0. The van der Waals surface area contributed by atoms with Gasteiger partial charge in [0.05, 0.1) is 0 Å². The zero-order valence-electron chi connectivity index (χ0n) is 17.5. The maximum atomic E-state index is 11.4. The molecule has 2 aromatic heterocycles. The number of rotatable bonds is 8. The van der Waals surface area contributed by atoms with Gasteiger partial charge in [-0.3, -0.25) is 0 Å².